The van der Waals surface area contributed by atoms with Gasteiger partial charge in [0.05, 0.1) is 12.3 Å². The van der Waals surface area contributed by atoms with Crippen molar-refractivity contribution in [3.63, 3.8) is 0 Å². The van der Waals surface area contributed by atoms with Crippen LogP contribution < -0.4 is 10.1 Å². The van der Waals surface area contributed by atoms with Crippen LogP contribution in [-0.2, 0) is 4.79 Å². The number of thiazole rings is 1. The number of aromatic nitrogens is 3. The molecule has 0 radical (unpaired) electrons. The van der Waals surface area contributed by atoms with E-state index in [1.165, 1.54) is 27.8 Å². The van der Waals surface area contributed by atoms with Gasteiger partial charge in [-0.25, -0.2) is 4.52 Å². The van der Waals surface area contributed by atoms with Gasteiger partial charge in [-0.3, -0.25) is 10.1 Å². The predicted octanol–water partition coefficient (Wildman–Crippen LogP) is 6.03. The summed E-state index contributed by atoms with van der Waals surface area (Å²) in [5.74, 6) is 1.01. The molecule has 0 fully saturated rings. The molecule has 0 saturated heterocycles. The van der Waals surface area contributed by atoms with E-state index in [0.29, 0.717) is 25.4 Å². The van der Waals surface area contributed by atoms with Crippen LogP contribution in [-0.4, -0.2) is 27.1 Å². The standard InChI is InChI=1S/C26H24N4O2S/c1-17-9-12-22(18(2)14-17)23-16-33-26-28-25(29-30(23)26)27-24(31)8-5-13-32-21-11-10-19-6-3-4-7-20(19)15-21/h3-4,6-7,9-12,14-16H,5,8,13H2,1-2H3,(H,27,29,31). The Morgan fingerprint density at radius 3 is 2.76 bits per heavy atom. The van der Waals surface area contributed by atoms with E-state index in [1.54, 1.807) is 4.52 Å². The Hall–Kier alpha value is -3.71. The molecule has 7 heteroatoms. The molecule has 2 aromatic heterocycles. The summed E-state index contributed by atoms with van der Waals surface area (Å²) in [5, 5.41) is 11.7. The molecule has 0 aliphatic carbocycles. The van der Waals surface area contributed by atoms with Crippen LogP contribution in [0.2, 0.25) is 0 Å². The molecule has 1 amide bonds. The lowest BCUT2D eigenvalue weighted by Crippen LogP contribution is -2.14. The number of carbonyl (C=O) groups excluding carboxylic acids is 1. The smallest absolute Gasteiger partial charge is 0.250 e. The van der Waals surface area contributed by atoms with E-state index in [1.807, 2.05) is 35.7 Å². The fourth-order valence-electron chi connectivity index (χ4n) is 3.89. The Morgan fingerprint density at radius 1 is 1.06 bits per heavy atom. The number of aryl methyl sites for hydroxylation is 2. The first kappa shape index (κ1) is 21.2. The number of anilines is 1. The number of hydrogen-bond donors (Lipinski definition) is 1. The van der Waals surface area contributed by atoms with Crippen molar-refractivity contribution >= 4 is 38.9 Å². The molecule has 5 rings (SSSR count). The highest BCUT2D eigenvalue weighted by Gasteiger charge is 2.14. The molecule has 33 heavy (non-hydrogen) atoms. The Bertz CT molecular complexity index is 1450. The lowest BCUT2D eigenvalue weighted by Gasteiger charge is -2.07. The molecule has 3 aromatic carbocycles. The topological polar surface area (TPSA) is 68.5 Å². The van der Waals surface area contributed by atoms with Crippen LogP contribution in [0, 0.1) is 13.8 Å². The highest BCUT2D eigenvalue weighted by atomic mass is 32.1. The molecule has 6 nitrogen and oxygen atoms in total. The zero-order valence-electron chi connectivity index (χ0n) is 18.5. The van der Waals surface area contributed by atoms with Gasteiger partial charge in [0.1, 0.15) is 5.75 Å². The average Bonchev–Trinajstić information content (AvgIpc) is 3.37. The van der Waals surface area contributed by atoms with E-state index in [-0.39, 0.29) is 5.91 Å². The van der Waals surface area contributed by atoms with Crippen LogP contribution in [0.1, 0.15) is 24.0 Å². The molecule has 0 unspecified atom stereocenters. The van der Waals surface area contributed by atoms with Crippen molar-refractivity contribution in [2.75, 3.05) is 11.9 Å². The summed E-state index contributed by atoms with van der Waals surface area (Å²) >= 11 is 1.51. The van der Waals surface area contributed by atoms with Crippen molar-refractivity contribution < 1.29 is 9.53 Å². The second kappa shape index (κ2) is 9.03. The Morgan fingerprint density at radius 2 is 1.91 bits per heavy atom. The predicted molar refractivity (Wildman–Crippen MR) is 133 cm³/mol. The van der Waals surface area contributed by atoms with E-state index in [9.17, 15) is 4.79 Å². The zero-order chi connectivity index (χ0) is 22.8. The monoisotopic (exact) mass is 456 g/mol. The van der Waals surface area contributed by atoms with Crippen LogP contribution in [0.15, 0.2) is 66.0 Å². The third kappa shape index (κ3) is 4.59. The van der Waals surface area contributed by atoms with Crippen LogP contribution >= 0.6 is 11.3 Å². The van der Waals surface area contributed by atoms with Gasteiger partial charge >= 0.3 is 0 Å². The number of fused-ring (bicyclic) bond motifs is 2. The average molecular weight is 457 g/mol. The van der Waals surface area contributed by atoms with Crippen molar-refractivity contribution in [3.05, 3.63) is 77.2 Å². The van der Waals surface area contributed by atoms with Crippen molar-refractivity contribution in [2.45, 2.75) is 26.7 Å². The van der Waals surface area contributed by atoms with Crippen LogP contribution in [0.3, 0.4) is 0 Å². The Balaban J connectivity index is 1.17. The molecule has 0 aliphatic heterocycles. The number of nitrogens with one attached hydrogen (secondary N) is 1. The Kier molecular flexibility index (Phi) is 5.79. The summed E-state index contributed by atoms with van der Waals surface area (Å²) in [7, 11) is 0. The minimum Gasteiger partial charge on any atom is -0.494 e. The van der Waals surface area contributed by atoms with Crippen molar-refractivity contribution in [3.8, 4) is 17.0 Å². The van der Waals surface area contributed by atoms with E-state index in [0.717, 1.165) is 27.4 Å². The molecular weight excluding hydrogens is 432 g/mol. The molecule has 0 atom stereocenters. The minimum absolute atomic E-state index is 0.122. The van der Waals surface area contributed by atoms with Crippen LogP contribution in [0.25, 0.3) is 27.0 Å². The van der Waals surface area contributed by atoms with Gasteiger partial charge in [0.2, 0.25) is 16.8 Å². The highest BCUT2D eigenvalue weighted by Crippen LogP contribution is 2.29. The maximum absolute atomic E-state index is 12.4. The molecule has 0 aliphatic rings. The quantitative estimate of drug-likeness (QED) is 0.304. The minimum atomic E-state index is -0.122. The summed E-state index contributed by atoms with van der Waals surface area (Å²) in [6.45, 7) is 4.63. The number of nitrogens with zero attached hydrogens (tertiary/aromatic N) is 3. The molecule has 0 bridgehead atoms. The summed E-state index contributed by atoms with van der Waals surface area (Å²) in [5.41, 5.74) is 4.49. The second-order valence-electron chi connectivity index (χ2n) is 8.08. The molecule has 0 spiro atoms. The fraction of sp³-hybridized carbons (Fsp3) is 0.192. The zero-order valence-corrected chi connectivity index (χ0v) is 19.4. The SMILES string of the molecule is Cc1ccc(-c2csc3nc(NC(=O)CCCOc4ccc5ccccc5c4)nn23)c(C)c1. The van der Waals surface area contributed by atoms with Gasteiger partial charge in [0.25, 0.3) is 0 Å². The van der Waals surface area contributed by atoms with Gasteiger partial charge in [0.15, 0.2) is 0 Å². The summed E-state index contributed by atoms with van der Waals surface area (Å²) in [6.07, 6.45) is 0.944. The van der Waals surface area contributed by atoms with Gasteiger partial charge in [0, 0.05) is 17.4 Å². The van der Waals surface area contributed by atoms with Crippen molar-refractivity contribution in [1.29, 1.82) is 0 Å². The van der Waals surface area contributed by atoms with E-state index >= 15 is 0 Å². The van der Waals surface area contributed by atoms with E-state index in [2.05, 4.69) is 59.6 Å². The van der Waals surface area contributed by atoms with Gasteiger partial charge in [-0.05, 0) is 48.7 Å². The van der Waals surface area contributed by atoms with Gasteiger partial charge in [-0.2, -0.15) is 4.98 Å². The van der Waals surface area contributed by atoms with Gasteiger partial charge < -0.3 is 4.74 Å². The molecule has 1 N–H and O–H groups in total. The summed E-state index contributed by atoms with van der Waals surface area (Å²) < 4.78 is 7.61. The van der Waals surface area contributed by atoms with E-state index in [4.69, 9.17) is 4.74 Å². The van der Waals surface area contributed by atoms with Gasteiger partial charge in [-0.15, -0.1) is 16.4 Å². The van der Waals surface area contributed by atoms with Crippen LogP contribution in [0.5, 0.6) is 5.75 Å². The second-order valence-corrected chi connectivity index (χ2v) is 8.91. The summed E-state index contributed by atoms with van der Waals surface area (Å²) in [4.78, 5) is 17.6. The lowest BCUT2D eigenvalue weighted by molar-refractivity contribution is -0.116. The highest BCUT2D eigenvalue weighted by molar-refractivity contribution is 7.15. The maximum Gasteiger partial charge on any atom is 0.250 e. The Labute approximate surface area is 195 Å². The molecule has 2 heterocycles. The first-order chi connectivity index (χ1) is 16.1. The first-order valence-corrected chi connectivity index (χ1v) is 11.8. The maximum atomic E-state index is 12.4. The van der Waals surface area contributed by atoms with Crippen molar-refractivity contribution in [2.24, 2.45) is 0 Å². The number of carbonyl (C=O) groups is 1. The first-order valence-electron chi connectivity index (χ1n) is 10.9. The van der Waals surface area contributed by atoms with E-state index < -0.39 is 0 Å². The number of rotatable bonds is 7. The van der Waals surface area contributed by atoms with Crippen molar-refractivity contribution in [1.82, 2.24) is 14.6 Å². The van der Waals surface area contributed by atoms with Gasteiger partial charge in [-0.1, -0.05) is 54.1 Å². The number of hydrogen-bond acceptors (Lipinski definition) is 5. The fourth-order valence-corrected chi connectivity index (χ4v) is 4.71. The normalized spacial score (nSPS) is 11.2. The number of amides is 1. The largest absolute Gasteiger partial charge is 0.494 e. The lowest BCUT2D eigenvalue weighted by atomic mass is 10.0. The number of ether oxygens (including phenoxy) is 1. The molecular formula is C26H24N4O2S. The molecule has 166 valence electrons. The molecule has 5 aromatic rings. The van der Waals surface area contributed by atoms with Crippen LogP contribution in [0.4, 0.5) is 5.95 Å². The number of benzene rings is 3. The molecule has 0 saturated carbocycles. The third-order valence-corrected chi connectivity index (χ3v) is 6.34. The third-order valence-electron chi connectivity index (χ3n) is 5.53. The summed E-state index contributed by atoms with van der Waals surface area (Å²) in [6, 6.07) is 20.5.